The maximum Gasteiger partial charge on any atom is 0.358 e. The first-order valence-electron chi connectivity index (χ1n) is 6.36. The molecule has 8 heteroatoms. The first-order chi connectivity index (χ1) is 9.86. The topological polar surface area (TPSA) is 97.1 Å². The van der Waals surface area contributed by atoms with E-state index in [2.05, 4.69) is 21.7 Å². The fourth-order valence-corrected chi connectivity index (χ4v) is 3.09. The van der Waals surface area contributed by atoms with Crippen LogP contribution in [0, 0.1) is 13.8 Å². The van der Waals surface area contributed by atoms with Gasteiger partial charge in [-0.15, -0.1) is 16.4 Å². The molecule has 2 rings (SSSR count). The number of aromatic nitrogens is 3. The molecule has 0 radical (unpaired) electrons. The zero-order chi connectivity index (χ0) is 15.6. The first-order valence-corrected chi connectivity index (χ1v) is 7.18. The molecule has 0 bridgehead atoms. The largest absolute Gasteiger partial charge is 0.476 e. The quantitative estimate of drug-likeness (QED) is 0.873. The molecule has 1 amide bonds. The van der Waals surface area contributed by atoms with Gasteiger partial charge in [-0.05, 0) is 32.4 Å². The van der Waals surface area contributed by atoms with Crippen molar-refractivity contribution in [2.24, 2.45) is 0 Å². The molecule has 0 aliphatic rings. The lowest BCUT2D eigenvalue weighted by Crippen LogP contribution is -2.30. The van der Waals surface area contributed by atoms with Gasteiger partial charge in [0.25, 0.3) is 0 Å². The van der Waals surface area contributed by atoms with Crippen LogP contribution >= 0.6 is 11.3 Å². The second kappa shape index (κ2) is 6.04. The summed E-state index contributed by atoms with van der Waals surface area (Å²) in [5, 5.41) is 18.7. The lowest BCUT2D eigenvalue weighted by Gasteiger charge is -2.13. The average molecular weight is 308 g/mol. The maximum atomic E-state index is 11.9. The Morgan fingerprint density at radius 2 is 2.19 bits per heavy atom. The van der Waals surface area contributed by atoms with Crippen LogP contribution < -0.4 is 5.32 Å². The van der Waals surface area contributed by atoms with Crippen molar-refractivity contribution in [1.82, 2.24) is 20.3 Å². The molecule has 0 aromatic carbocycles. The minimum absolute atomic E-state index is 0.0627. The van der Waals surface area contributed by atoms with Crippen LogP contribution in [0.5, 0.6) is 0 Å². The van der Waals surface area contributed by atoms with E-state index < -0.39 is 5.97 Å². The summed E-state index contributed by atoms with van der Waals surface area (Å²) >= 11 is 1.69. The Kier molecular flexibility index (Phi) is 4.37. The third-order valence-electron chi connectivity index (χ3n) is 2.99. The third-order valence-corrected chi connectivity index (χ3v) is 3.97. The van der Waals surface area contributed by atoms with Crippen LogP contribution in [0.4, 0.5) is 0 Å². The molecular weight excluding hydrogens is 292 g/mol. The zero-order valence-corrected chi connectivity index (χ0v) is 12.8. The highest BCUT2D eigenvalue weighted by Gasteiger charge is 2.15. The number of rotatable bonds is 5. The Balaban J connectivity index is 1.97. The fraction of sp³-hybridized carbons (Fsp3) is 0.385. The van der Waals surface area contributed by atoms with Gasteiger partial charge in [0.05, 0.1) is 12.2 Å². The normalized spacial score (nSPS) is 12.1. The van der Waals surface area contributed by atoms with Crippen molar-refractivity contribution in [2.45, 2.75) is 33.4 Å². The fourth-order valence-electron chi connectivity index (χ4n) is 2.07. The lowest BCUT2D eigenvalue weighted by atomic mass is 10.1. The Labute approximate surface area is 125 Å². The average Bonchev–Trinajstić information content (AvgIpc) is 2.95. The molecule has 2 aromatic heterocycles. The smallest absolute Gasteiger partial charge is 0.358 e. The van der Waals surface area contributed by atoms with Crippen LogP contribution in [0.15, 0.2) is 12.3 Å². The van der Waals surface area contributed by atoms with Gasteiger partial charge in [0.1, 0.15) is 6.54 Å². The van der Waals surface area contributed by atoms with E-state index in [1.165, 1.54) is 20.6 Å². The Morgan fingerprint density at radius 1 is 1.48 bits per heavy atom. The third kappa shape index (κ3) is 3.66. The van der Waals surface area contributed by atoms with Crippen LogP contribution in [0.3, 0.4) is 0 Å². The van der Waals surface area contributed by atoms with E-state index in [-0.39, 0.29) is 24.2 Å². The van der Waals surface area contributed by atoms with Crippen LogP contribution in [-0.4, -0.2) is 32.0 Å². The molecule has 0 aliphatic carbocycles. The summed E-state index contributed by atoms with van der Waals surface area (Å²) in [6.07, 6.45) is 1.23. The van der Waals surface area contributed by atoms with E-state index in [9.17, 15) is 9.59 Å². The number of nitrogens with zero attached hydrogens (tertiary/aromatic N) is 3. The number of aromatic carboxylic acids is 1. The molecule has 0 fully saturated rings. The second-order valence-corrected chi connectivity index (χ2v) is 6.22. The van der Waals surface area contributed by atoms with Gasteiger partial charge >= 0.3 is 5.97 Å². The van der Waals surface area contributed by atoms with Gasteiger partial charge in [0.2, 0.25) is 5.91 Å². The molecule has 7 nitrogen and oxygen atoms in total. The van der Waals surface area contributed by atoms with Gasteiger partial charge in [-0.2, -0.15) is 0 Å². The SMILES string of the molecule is Cc1cc([C@@H](C)NC(=O)Cn2cc(C(=O)O)nn2)c(C)s1. The van der Waals surface area contributed by atoms with Crippen molar-refractivity contribution in [3.8, 4) is 0 Å². The molecule has 0 unspecified atom stereocenters. The molecule has 2 aromatic rings. The number of carbonyl (C=O) groups is 2. The molecule has 1 atom stereocenters. The molecule has 0 aliphatic heterocycles. The highest BCUT2D eigenvalue weighted by molar-refractivity contribution is 7.12. The minimum Gasteiger partial charge on any atom is -0.476 e. The summed E-state index contributed by atoms with van der Waals surface area (Å²) in [7, 11) is 0. The van der Waals surface area contributed by atoms with Crippen molar-refractivity contribution < 1.29 is 14.7 Å². The van der Waals surface area contributed by atoms with Gasteiger partial charge in [0, 0.05) is 9.75 Å². The highest BCUT2D eigenvalue weighted by Crippen LogP contribution is 2.25. The molecular formula is C13H16N4O3S. The van der Waals surface area contributed by atoms with E-state index in [1.807, 2.05) is 20.8 Å². The minimum atomic E-state index is -1.17. The lowest BCUT2D eigenvalue weighted by molar-refractivity contribution is -0.122. The van der Waals surface area contributed by atoms with Crippen LogP contribution in [-0.2, 0) is 11.3 Å². The summed E-state index contributed by atoms with van der Waals surface area (Å²) in [6.45, 7) is 5.90. The number of amides is 1. The van der Waals surface area contributed by atoms with Crippen molar-refractivity contribution in [2.75, 3.05) is 0 Å². The first kappa shape index (κ1) is 15.2. The van der Waals surface area contributed by atoms with Gasteiger partial charge in [-0.1, -0.05) is 5.21 Å². The van der Waals surface area contributed by atoms with Crippen LogP contribution in [0.25, 0.3) is 0 Å². The number of thiophene rings is 1. The summed E-state index contributed by atoms with van der Waals surface area (Å²) in [4.78, 5) is 25.0. The standard InChI is InChI=1S/C13H16N4O3S/c1-7-4-10(9(3)21-7)8(2)14-12(18)6-17-5-11(13(19)20)15-16-17/h4-5,8H,6H2,1-3H3,(H,14,18)(H,19,20)/t8-/m1/s1. The predicted octanol–water partition coefficient (Wildman–Crippen LogP) is 1.53. The van der Waals surface area contributed by atoms with E-state index in [1.54, 1.807) is 11.3 Å². The van der Waals surface area contributed by atoms with Crippen molar-refractivity contribution in [3.05, 3.63) is 33.3 Å². The van der Waals surface area contributed by atoms with Gasteiger partial charge < -0.3 is 10.4 Å². The van der Waals surface area contributed by atoms with Crippen molar-refractivity contribution in [1.29, 1.82) is 0 Å². The number of carbonyl (C=O) groups excluding carboxylic acids is 1. The maximum absolute atomic E-state index is 11.9. The van der Waals surface area contributed by atoms with Gasteiger partial charge in [-0.3, -0.25) is 4.79 Å². The number of hydrogen-bond acceptors (Lipinski definition) is 5. The number of carboxylic acid groups (broad SMARTS) is 1. The van der Waals surface area contributed by atoms with E-state index in [0.29, 0.717) is 0 Å². The molecule has 0 saturated heterocycles. The second-order valence-electron chi connectivity index (χ2n) is 4.76. The Morgan fingerprint density at radius 3 is 2.71 bits per heavy atom. The van der Waals surface area contributed by atoms with Crippen molar-refractivity contribution >= 4 is 23.2 Å². The summed E-state index contributed by atoms with van der Waals surface area (Å²) in [6, 6.07) is 1.95. The van der Waals surface area contributed by atoms with Crippen molar-refractivity contribution in [3.63, 3.8) is 0 Å². The number of hydrogen-bond donors (Lipinski definition) is 2. The van der Waals surface area contributed by atoms with Gasteiger partial charge in [0.15, 0.2) is 5.69 Å². The number of carboxylic acids is 1. The van der Waals surface area contributed by atoms with Crippen LogP contribution in [0.1, 0.15) is 38.8 Å². The molecule has 112 valence electrons. The molecule has 0 spiro atoms. The number of aryl methyl sites for hydroxylation is 2. The molecule has 21 heavy (non-hydrogen) atoms. The van der Waals surface area contributed by atoms with Crippen LogP contribution in [0.2, 0.25) is 0 Å². The molecule has 2 heterocycles. The molecule has 0 saturated carbocycles. The Hall–Kier alpha value is -2.22. The van der Waals surface area contributed by atoms with E-state index in [0.717, 1.165) is 5.56 Å². The summed E-state index contributed by atoms with van der Waals surface area (Å²) < 4.78 is 1.21. The van der Waals surface area contributed by atoms with E-state index in [4.69, 9.17) is 5.11 Å². The Bertz CT molecular complexity index is 677. The number of nitrogens with one attached hydrogen (secondary N) is 1. The monoisotopic (exact) mass is 308 g/mol. The predicted molar refractivity (Wildman–Crippen MR) is 77.3 cm³/mol. The highest BCUT2D eigenvalue weighted by atomic mass is 32.1. The van der Waals surface area contributed by atoms with Gasteiger partial charge in [-0.25, -0.2) is 9.48 Å². The van der Waals surface area contributed by atoms with E-state index >= 15 is 0 Å². The molecule has 2 N–H and O–H groups in total. The zero-order valence-electron chi connectivity index (χ0n) is 12.0. The summed E-state index contributed by atoms with van der Waals surface area (Å²) in [5.74, 6) is -1.41. The summed E-state index contributed by atoms with van der Waals surface area (Å²) in [5.41, 5.74) is 0.913.